The van der Waals surface area contributed by atoms with Crippen LogP contribution in [0.1, 0.15) is 25.3 Å². The van der Waals surface area contributed by atoms with Crippen molar-refractivity contribution in [3.05, 3.63) is 54.1 Å². The second-order valence-electron chi connectivity index (χ2n) is 6.63. The van der Waals surface area contributed by atoms with Gasteiger partial charge in [-0.15, -0.1) is 0 Å². The molecule has 1 heterocycles. The summed E-state index contributed by atoms with van der Waals surface area (Å²) in [5.41, 5.74) is 0.727. The van der Waals surface area contributed by atoms with Crippen molar-refractivity contribution in [2.75, 3.05) is 22.1 Å². The summed E-state index contributed by atoms with van der Waals surface area (Å²) in [6, 6.07) is 10.9. The number of rotatable bonds is 5. The molecule has 2 aromatic carbocycles. The van der Waals surface area contributed by atoms with Crippen molar-refractivity contribution >= 4 is 28.9 Å². The van der Waals surface area contributed by atoms with Crippen LogP contribution in [-0.4, -0.2) is 24.4 Å². The van der Waals surface area contributed by atoms with Crippen molar-refractivity contribution in [1.82, 2.24) is 0 Å². The van der Waals surface area contributed by atoms with Crippen molar-refractivity contribution in [2.24, 2.45) is 0 Å². The molecule has 1 aliphatic heterocycles. The first kappa shape index (κ1) is 19.7. The lowest BCUT2D eigenvalue weighted by molar-refractivity contribution is -0.137. The average Bonchev–Trinajstić information content (AvgIpc) is 3.08. The largest absolute Gasteiger partial charge is 0.416 e. The van der Waals surface area contributed by atoms with E-state index < -0.39 is 23.7 Å². The zero-order valence-electron chi connectivity index (χ0n) is 15.2. The highest BCUT2D eigenvalue weighted by atomic mass is 19.4. The number of hydrogen-bond acceptors (Lipinski definition) is 3. The molecule has 1 fully saturated rings. The van der Waals surface area contributed by atoms with Crippen LogP contribution < -0.4 is 15.5 Å². The Morgan fingerprint density at radius 1 is 1.11 bits per heavy atom. The van der Waals surface area contributed by atoms with Crippen molar-refractivity contribution in [3.63, 3.8) is 0 Å². The lowest BCUT2D eigenvalue weighted by Gasteiger charge is -2.18. The number of carbonyl (C=O) groups is 2. The molecule has 2 N–H and O–H groups in total. The van der Waals surface area contributed by atoms with Gasteiger partial charge in [0.15, 0.2) is 0 Å². The average molecular weight is 391 g/mol. The Kier molecular flexibility index (Phi) is 5.58. The van der Waals surface area contributed by atoms with E-state index >= 15 is 0 Å². The van der Waals surface area contributed by atoms with Crippen molar-refractivity contribution in [1.29, 1.82) is 0 Å². The van der Waals surface area contributed by atoms with Gasteiger partial charge >= 0.3 is 6.18 Å². The van der Waals surface area contributed by atoms with E-state index in [0.29, 0.717) is 18.7 Å². The van der Waals surface area contributed by atoms with Gasteiger partial charge in [0.1, 0.15) is 6.04 Å². The predicted octanol–water partition coefficient (Wildman–Crippen LogP) is 4.27. The Morgan fingerprint density at radius 2 is 1.82 bits per heavy atom. The first-order chi connectivity index (χ1) is 13.2. The molecule has 148 valence electrons. The second-order valence-corrected chi connectivity index (χ2v) is 6.63. The van der Waals surface area contributed by atoms with Gasteiger partial charge in [0, 0.05) is 30.0 Å². The standard InChI is InChI=1S/C20H20F3N3O2/c1-13(19(28)25-16-5-2-4-14(12-16)20(21,22)23)24-15-7-9-17(10-8-15)26-11-3-6-18(26)27/h2,4-5,7-10,12-13,24H,3,6,11H2,1H3,(H,25,28)/t13-/m1/s1. The number of halogens is 3. The maximum absolute atomic E-state index is 12.8. The van der Waals surface area contributed by atoms with E-state index in [1.807, 2.05) is 0 Å². The minimum atomic E-state index is -4.47. The molecule has 0 bridgehead atoms. The van der Waals surface area contributed by atoms with Gasteiger partial charge in [0.2, 0.25) is 11.8 Å². The van der Waals surface area contributed by atoms with E-state index in [4.69, 9.17) is 0 Å². The fraction of sp³-hybridized carbons (Fsp3) is 0.300. The first-order valence-electron chi connectivity index (χ1n) is 8.89. The van der Waals surface area contributed by atoms with Gasteiger partial charge in [0.25, 0.3) is 0 Å². The van der Waals surface area contributed by atoms with Crippen LogP contribution in [-0.2, 0) is 15.8 Å². The topological polar surface area (TPSA) is 61.4 Å². The number of nitrogens with one attached hydrogen (secondary N) is 2. The fourth-order valence-electron chi connectivity index (χ4n) is 3.00. The van der Waals surface area contributed by atoms with Gasteiger partial charge in [-0.1, -0.05) is 6.07 Å². The van der Waals surface area contributed by atoms with Crippen LogP contribution in [0.4, 0.5) is 30.2 Å². The van der Waals surface area contributed by atoms with E-state index in [-0.39, 0.29) is 11.6 Å². The van der Waals surface area contributed by atoms with Gasteiger partial charge in [-0.25, -0.2) is 0 Å². The predicted molar refractivity (Wildman–Crippen MR) is 101 cm³/mol. The summed E-state index contributed by atoms with van der Waals surface area (Å²) >= 11 is 0. The van der Waals surface area contributed by atoms with Crippen molar-refractivity contribution < 1.29 is 22.8 Å². The molecular weight excluding hydrogens is 371 g/mol. The fourth-order valence-corrected chi connectivity index (χ4v) is 3.00. The molecule has 0 spiro atoms. The minimum Gasteiger partial charge on any atom is -0.374 e. The molecule has 0 radical (unpaired) electrons. The van der Waals surface area contributed by atoms with Gasteiger partial charge in [0.05, 0.1) is 5.56 Å². The Balaban J connectivity index is 1.60. The van der Waals surface area contributed by atoms with E-state index in [1.54, 1.807) is 36.1 Å². The van der Waals surface area contributed by atoms with Crippen LogP contribution >= 0.6 is 0 Å². The molecule has 1 atom stereocenters. The lowest BCUT2D eigenvalue weighted by atomic mass is 10.2. The van der Waals surface area contributed by atoms with Gasteiger partial charge in [-0.3, -0.25) is 9.59 Å². The summed E-state index contributed by atoms with van der Waals surface area (Å²) in [6.07, 6.45) is -3.08. The number of carbonyl (C=O) groups excluding carboxylic acids is 2. The second kappa shape index (κ2) is 7.92. The van der Waals surface area contributed by atoms with E-state index in [2.05, 4.69) is 10.6 Å². The molecular formula is C20H20F3N3O2. The summed E-state index contributed by atoms with van der Waals surface area (Å²) in [6.45, 7) is 2.31. The molecule has 0 aromatic heterocycles. The van der Waals surface area contributed by atoms with E-state index in [9.17, 15) is 22.8 Å². The summed E-state index contributed by atoms with van der Waals surface area (Å²) in [5, 5.41) is 5.48. The highest BCUT2D eigenvalue weighted by Crippen LogP contribution is 2.30. The molecule has 0 saturated carbocycles. The molecule has 1 aliphatic rings. The summed E-state index contributed by atoms with van der Waals surface area (Å²) in [7, 11) is 0. The quantitative estimate of drug-likeness (QED) is 0.800. The molecule has 8 heteroatoms. The van der Waals surface area contributed by atoms with Crippen LogP contribution in [0, 0.1) is 0 Å². The van der Waals surface area contributed by atoms with Crippen molar-refractivity contribution in [2.45, 2.75) is 32.0 Å². The van der Waals surface area contributed by atoms with Gasteiger partial charge < -0.3 is 15.5 Å². The molecule has 28 heavy (non-hydrogen) atoms. The monoisotopic (exact) mass is 391 g/mol. The van der Waals surface area contributed by atoms with Gasteiger partial charge in [-0.05, 0) is 55.8 Å². The lowest BCUT2D eigenvalue weighted by Crippen LogP contribution is -2.32. The summed E-state index contributed by atoms with van der Waals surface area (Å²) in [4.78, 5) is 25.8. The van der Waals surface area contributed by atoms with E-state index in [1.165, 1.54) is 12.1 Å². The number of hydrogen-bond donors (Lipinski definition) is 2. The zero-order valence-corrected chi connectivity index (χ0v) is 15.2. The molecule has 2 amide bonds. The van der Waals surface area contributed by atoms with Crippen LogP contribution in [0.2, 0.25) is 0 Å². The smallest absolute Gasteiger partial charge is 0.374 e. The number of amides is 2. The molecule has 1 saturated heterocycles. The maximum atomic E-state index is 12.8. The Bertz CT molecular complexity index is 866. The molecule has 2 aromatic rings. The maximum Gasteiger partial charge on any atom is 0.416 e. The van der Waals surface area contributed by atoms with Crippen LogP contribution in [0.25, 0.3) is 0 Å². The summed E-state index contributed by atoms with van der Waals surface area (Å²) < 4.78 is 38.3. The van der Waals surface area contributed by atoms with Gasteiger partial charge in [-0.2, -0.15) is 13.2 Å². The highest BCUT2D eigenvalue weighted by molar-refractivity contribution is 5.97. The molecule has 0 unspecified atom stereocenters. The number of benzene rings is 2. The van der Waals surface area contributed by atoms with Crippen molar-refractivity contribution in [3.8, 4) is 0 Å². The Labute approximate surface area is 160 Å². The van der Waals surface area contributed by atoms with Crippen LogP contribution in [0.5, 0.6) is 0 Å². The van der Waals surface area contributed by atoms with Crippen LogP contribution in [0.3, 0.4) is 0 Å². The third-order valence-electron chi connectivity index (χ3n) is 4.49. The summed E-state index contributed by atoms with van der Waals surface area (Å²) in [5.74, 6) is -0.368. The third-order valence-corrected chi connectivity index (χ3v) is 4.49. The SMILES string of the molecule is C[C@@H](Nc1ccc(N2CCCC2=O)cc1)C(=O)Nc1cccc(C(F)(F)F)c1. The molecule has 3 rings (SSSR count). The normalized spacial score (nSPS) is 15.4. The number of anilines is 3. The minimum absolute atomic E-state index is 0.0800. The Morgan fingerprint density at radius 3 is 2.43 bits per heavy atom. The third kappa shape index (κ3) is 4.62. The van der Waals surface area contributed by atoms with E-state index in [0.717, 1.165) is 24.2 Å². The Hall–Kier alpha value is -3.03. The number of alkyl halides is 3. The number of nitrogens with zero attached hydrogens (tertiary/aromatic N) is 1. The molecule has 0 aliphatic carbocycles. The highest BCUT2D eigenvalue weighted by Gasteiger charge is 2.30. The van der Waals surface area contributed by atoms with Crippen LogP contribution in [0.15, 0.2) is 48.5 Å². The first-order valence-corrected chi connectivity index (χ1v) is 8.89. The zero-order chi connectivity index (χ0) is 20.3. The molecule has 5 nitrogen and oxygen atoms in total.